The van der Waals surface area contributed by atoms with Crippen LogP contribution in [0.2, 0.25) is 0 Å². The van der Waals surface area contributed by atoms with Gasteiger partial charge in [-0.3, -0.25) is 4.79 Å². The fourth-order valence-corrected chi connectivity index (χ4v) is 0.941. The summed E-state index contributed by atoms with van der Waals surface area (Å²) in [6, 6.07) is 0. The zero-order valence-electron chi connectivity index (χ0n) is 6.58. The molecule has 0 spiro atoms. The second-order valence-corrected chi connectivity index (χ2v) is 2.71. The molecule has 0 atom stereocenters. The van der Waals surface area contributed by atoms with Crippen LogP contribution >= 0.6 is 0 Å². The standard InChI is InChI=1S/C5H10O2.C2H4O2/c6-5(7)3-1-2-4-5;1-2(3)4/h6-7H,1-4H2;1H3,(H,3,4). The predicted molar refractivity (Wildman–Crippen MR) is 38.9 cm³/mol. The van der Waals surface area contributed by atoms with Crippen molar-refractivity contribution >= 4 is 5.97 Å². The van der Waals surface area contributed by atoms with Crippen molar-refractivity contribution in [2.24, 2.45) is 0 Å². The van der Waals surface area contributed by atoms with E-state index in [2.05, 4.69) is 0 Å². The normalized spacial score (nSPS) is 20.3. The quantitative estimate of drug-likeness (QED) is 0.448. The number of aliphatic hydroxyl groups is 2. The van der Waals surface area contributed by atoms with Crippen molar-refractivity contribution in [3.8, 4) is 0 Å². The minimum atomic E-state index is -1.31. The highest BCUT2D eigenvalue weighted by Gasteiger charge is 2.26. The first-order valence-corrected chi connectivity index (χ1v) is 3.58. The summed E-state index contributed by atoms with van der Waals surface area (Å²) in [5.41, 5.74) is 0. The van der Waals surface area contributed by atoms with Crippen molar-refractivity contribution in [1.82, 2.24) is 0 Å². The molecule has 1 aliphatic carbocycles. The summed E-state index contributed by atoms with van der Waals surface area (Å²) >= 11 is 0. The molecule has 0 aliphatic heterocycles. The van der Waals surface area contributed by atoms with Gasteiger partial charge in [-0.05, 0) is 12.8 Å². The van der Waals surface area contributed by atoms with Gasteiger partial charge in [-0.1, -0.05) is 0 Å². The van der Waals surface area contributed by atoms with E-state index in [1.165, 1.54) is 0 Å². The van der Waals surface area contributed by atoms with Gasteiger partial charge in [-0.25, -0.2) is 0 Å². The third-order valence-corrected chi connectivity index (χ3v) is 1.40. The first-order valence-electron chi connectivity index (χ1n) is 3.58. The highest BCUT2D eigenvalue weighted by atomic mass is 16.5. The highest BCUT2D eigenvalue weighted by Crippen LogP contribution is 2.25. The number of rotatable bonds is 0. The Bertz CT molecular complexity index is 118. The molecule has 0 bridgehead atoms. The Balaban J connectivity index is 0.000000218. The maximum absolute atomic E-state index is 9.00. The lowest BCUT2D eigenvalue weighted by molar-refractivity contribution is -0.152. The largest absolute Gasteiger partial charge is 0.481 e. The van der Waals surface area contributed by atoms with Crippen molar-refractivity contribution < 1.29 is 20.1 Å². The van der Waals surface area contributed by atoms with E-state index >= 15 is 0 Å². The van der Waals surface area contributed by atoms with Crippen molar-refractivity contribution in [1.29, 1.82) is 0 Å². The molecule has 4 heteroatoms. The van der Waals surface area contributed by atoms with E-state index in [0.29, 0.717) is 12.8 Å². The summed E-state index contributed by atoms with van der Waals surface area (Å²) in [6.07, 6.45) is 3.06. The number of hydrogen-bond donors (Lipinski definition) is 3. The Labute approximate surface area is 65.5 Å². The van der Waals surface area contributed by atoms with Crippen molar-refractivity contribution in [2.75, 3.05) is 0 Å². The summed E-state index contributed by atoms with van der Waals surface area (Å²) in [4.78, 5) is 9.00. The molecule has 0 heterocycles. The highest BCUT2D eigenvalue weighted by molar-refractivity contribution is 5.62. The van der Waals surface area contributed by atoms with E-state index in [1.807, 2.05) is 0 Å². The van der Waals surface area contributed by atoms with Gasteiger partial charge in [-0.2, -0.15) is 0 Å². The fourth-order valence-electron chi connectivity index (χ4n) is 0.941. The molecule has 1 aliphatic rings. The zero-order valence-corrected chi connectivity index (χ0v) is 6.58. The van der Waals surface area contributed by atoms with Gasteiger partial charge in [0, 0.05) is 19.8 Å². The van der Waals surface area contributed by atoms with Crippen LogP contribution in [-0.4, -0.2) is 27.1 Å². The van der Waals surface area contributed by atoms with E-state index in [9.17, 15) is 0 Å². The summed E-state index contributed by atoms with van der Waals surface area (Å²) < 4.78 is 0. The first kappa shape index (κ1) is 10.4. The average molecular weight is 162 g/mol. The maximum Gasteiger partial charge on any atom is 0.300 e. The number of carboxylic acid groups (broad SMARTS) is 1. The molecule has 0 aromatic carbocycles. The third kappa shape index (κ3) is 7.29. The molecule has 11 heavy (non-hydrogen) atoms. The molecular weight excluding hydrogens is 148 g/mol. The van der Waals surface area contributed by atoms with Gasteiger partial charge < -0.3 is 15.3 Å². The second kappa shape index (κ2) is 4.31. The monoisotopic (exact) mass is 162 g/mol. The number of carboxylic acids is 1. The summed E-state index contributed by atoms with van der Waals surface area (Å²) in [5, 5.41) is 24.9. The van der Waals surface area contributed by atoms with Crippen molar-refractivity contribution in [3.63, 3.8) is 0 Å². The Hall–Kier alpha value is -0.610. The Morgan fingerprint density at radius 1 is 1.27 bits per heavy atom. The second-order valence-electron chi connectivity index (χ2n) is 2.71. The maximum atomic E-state index is 9.00. The number of carbonyl (C=O) groups is 1. The molecule has 66 valence electrons. The van der Waals surface area contributed by atoms with Crippen LogP contribution < -0.4 is 0 Å². The molecule has 0 radical (unpaired) electrons. The summed E-state index contributed by atoms with van der Waals surface area (Å²) in [5.74, 6) is -2.14. The molecule has 1 saturated carbocycles. The van der Waals surface area contributed by atoms with Crippen LogP contribution in [0.1, 0.15) is 32.6 Å². The van der Waals surface area contributed by atoms with Crippen LogP contribution in [0.5, 0.6) is 0 Å². The zero-order chi connectivity index (χ0) is 8.91. The van der Waals surface area contributed by atoms with Gasteiger partial charge in [0.25, 0.3) is 5.97 Å². The van der Waals surface area contributed by atoms with E-state index in [1.54, 1.807) is 0 Å². The van der Waals surface area contributed by atoms with E-state index < -0.39 is 11.8 Å². The van der Waals surface area contributed by atoms with E-state index in [0.717, 1.165) is 19.8 Å². The minimum Gasteiger partial charge on any atom is -0.481 e. The molecule has 4 nitrogen and oxygen atoms in total. The van der Waals surface area contributed by atoms with Crippen LogP contribution in [0.4, 0.5) is 0 Å². The molecule has 0 aromatic heterocycles. The van der Waals surface area contributed by atoms with Crippen molar-refractivity contribution in [2.45, 2.75) is 38.4 Å². The van der Waals surface area contributed by atoms with Crippen LogP contribution in [0.3, 0.4) is 0 Å². The van der Waals surface area contributed by atoms with Crippen LogP contribution in [-0.2, 0) is 4.79 Å². The van der Waals surface area contributed by atoms with Gasteiger partial charge in [0.15, 0.2) is 5.79 Å². The lowest BCUT2D eigenvalue weighted by Crippen LogP contribution is -2.21. The van der Waals surface area contributed by atoms with Crippen LogP contribution in [0.15, 0.2) is 0 Å². The predicted octanol–water partition coefficient (Wildman–Crippen LogP) is 0.332. The van der Waals surface area contributed by atoms with Crippen LogP contribution in [0, 0.1) is 0 Å². The molecule has 1 fully saturated rings. The van der Waals surface area contributed by atoms with Crippen LogP contribution in [0.25, 0.3) is 0 Å². The number of hydrogen-bond acceptors (Lipinski definition) is 3. The van der Waals surface area contributed by atoms with E-state index in [4.69, 9.17) is 20.1 Å². The van der Waals surface area contributed by atoms with Gasteiger partial charge in [0.1, 0.15) is 0 Å². The SMILES string of the molecule is CC(=O)O.OC1(O)CCCC1. The molecule has 1 rings (SSSR count). The van der Waals surface area contributed by atoms with Gasteiger partial charge in [0.2, 0.25) is 0 Å². The Morgan fingerprint density at radius 2 is 1.55 bits per heavy atom. The molecule has 0 unspecified atom stereocenters. The third-order valence-electron chi connectivity index (χ3n) is 1.40. The molecular formula is C7H14O4. The molecule has 0 aromatic rings. The van der Waals surface area contributed by atoms with Gasteiger partial charge >= 0.3 is 0 Å². The summed E-state index contributed by atoms with van der Waals surface area (Å²) in [6.45, 7) is 1.08. The van der Waals surface area contributed by atoms with Crippen molar-refractivity contribution in [3.05, 3.63) is 0 Å². The number of aliphatic carboxylic acids is 1. The first-order chi connectivity index (χ1) is 4.94. The molecule has 3 N–H and O–H groups in total. The average Bonchev–Trinajstić information content (AvgIpc) is 2.11. The van der Waals surface area contributed by atoms with E-state index in [-0.39, 0.29) is 0 Å². The molecule has 0 amide bonds. The topological polar surface area (TPSA) is 77.8 Å². The fraction of sp³-hybridized carbons (Fsp3) is 0.857. The molecule has 0 saturated heterocycles. The Morgan fingerprint density at radius 3 is 1.64 bits per heavy atom. The Kier molecular flexibility index (Phi) is 4.07. The minimum absolute atomic E-state index is 0.562. The lowest BCUT2D eigenvalue weighted by atomic mass is 10.2. The van der Waals surface area contributed by atoms with Gasteiger partial charge in [0.05, 0.1) is 0 Å². The summed E-state index contributed by atoms with van der Waals surface area (Å²) in [7, 11) is 0. The van der Waals surface area contributed by atoms with Gasteiger partial charge in [-0.15, -0.1) is 0 Å². The smallest absolute Gasteiger partial charge is 0.300 e. The lowest BCUT2D eigenvalue weighted by Gasteiger charge is -2.11.